The fourth-order valence-electron chi connectivity index (χ4n) is 5.32. The Bertz CT molecular complexity index is 1400. The van der Waals surface area contributed by atoms with Crippen molar-refractivity contribution in [2.45, 2.75) is 82.8 Å². The predicted octanol–water partition coefficient (Wildman–Crippen LogP) is 5.62. The largest absolute Gasteiger partial charge is 0.352 e. The van der Waals surface area contributed by atoms with Crippen LogP contribution < -0.4 is 9.62 Å². The zero-order valence-electron chi connectivity index (χ0n) is 24.3. The molecule has 3 aromatic carbocycles. The van der Waals surface area contributed by atoms with E-state index in [1.807, 2.05) is 57.2 Å². The molecule has 8 heteroatoms. The quantitative estimate of drug-likeness (QED) is 0.304. The fourth-order valence-corrected chi connectivity index (χ4v) is 6.76. The second-order valence-electron chi connectivity index (χ2n) is 10.8. The summed E-state index contributed by atoms with van der Waals surface area (Å²) < 4.78 is 29.0. The number of benzene rings is 3. The minimum Gasteiger partial charge on any atom is -0.352 e. The standard InChI is InChI=1S/C33H41N3O4S/c1-4-26-19-21-29(22-20-26)36(41(39,40)30-13-7-6-8-14-30)24-32(37)35(23-27-17-15-25(3)16-18-27)31(5-2)33(38)34-28-11-9-10-12-28/h6-8,13-22,28,31H,4-5,9-12,23-24H2,1-3H3,(H,34,38)/t31-/m0/s1. The van der Waals surface area contributed by atoms with Crippen molar-refractivity contribution in [2.24, 2.45) is 0 Å². The van der Waals surface area contributed by atoms with Crippen molar-refractivity contribution in [1.82, 2.24) is 10.2 Å². The number of carbonyl (C=O) groups excluding carboxylic acids is 2. The van der Waals surface area contributed by atoms with E-state index in [4.69, 9.17) is 0 Å². The third-order valence-corrected chi connectivity index (χ3v) is 9.59. The van der Waals surface area contributed by atoms with Gasteiger partial charge in [-0.05, 0) is 68.0 Å². The van der Waals surface area contributed by atoms with Gasteiger partial charge in [0.05, 0.1) is 10.6 Å². The third kappa shape index (κ3) is 7.55. The van der Waals surface area contributed by atoms with E-state index in [2.05, 4.69) is 5.32 Å². The highest BCUT2D eigenvalue weighted by Crippen LogP contribution is 2.26. The van der Waals surface area contributed by atoms with Gasteiger partial charge in [-0.3, -0.25) is 13.9 Å². The molecule has 1 aliphatic rings. The van der Waals surface area contributed by atoms with E-state index >= 15 is 0 Å². The van der Waals surface area contributed by atoms with E-state index in [1.165, 1.54) is 12.1 Å². The van der Waals surface area contributed by atoms with Crippen molar-refractivity contribution in [3.63, 3.8) is 0 Å². The number of aryl methyl sites for hydroxylation is 2. The molecule has 0 radical (unpaired) electrons. The van der Waals surface area contributed by atoms with Gasteiger partial charge in [0.15, 0.2) is 0 Å². The number of carbonyl (C=O) groups is 2. The zero-order valence-corrected chi connectivity index (χ0v) is 25.1. The van der Waals surface area contributed by atoms with Gasteiger partial charge in [-0.25, -0.2) is 8.42 Å². The van der Waals surface area contributed by atoms with Gasteiger partial charge in [0.2, 0.25) is 11.8 Å². The highest BCUT2D eigenvalue weighted by atomic mass is 32.2. The number of rotatable bonds is 12. The van der Waals surface area contributed by atoms with Crippen LogP contribution in [-0.4, -0.2) is 43.8 Å². The molecule has 7 nitrogen and oxygen atoms in total. The maximum Gasteiger partial charge on any atom is 0.264 e. The molecule has 0 unspecified atom stereocenters. The molecule has 3 aromatic rings. The molecular formula is C33H41N3O4S. The molecular weight excluding hydrogens is 534 g/mol. The van der Waals surface area contributed by atoms with Crippen LogP contribution >= 0.6 is 0 Å². The summed E-state index contributed by atoms with van der Waals surface area (Å²) in [6.45, 7) is 5.68. The highest BCUT2D eigenvalue weighted by Gasteiger charge is 2.34. The van der Waals surface area contributed by atoms with Crippen LogP contribution in [0.2, 0.25) is 0 Å². The average Bonchev–Trinajstić information content (AvgIpc) is 3.50. The Morgan fingerprint density at radius 1 is 0.878 bits per heavy atom. The first-order valence-electron chi connectivity index (χ1n) is 14.5. The first-order chi connectivity index (χ1) is 19.7. The molecule has 1 fully saturated rings. The zero-order chi connectivity index (χ0) is 29.4. The molecule has 1 saturated carbocycles. The molecule has 1 aliphatic carbocycles. The molecule has 218 valence electrons. The van der Waals surface area contributed by atoms with Gasteiger partial charge in [-0.15, -0.1) is 0 Å². The van der Waals surface area contributed by atoms with Crippen molar-refractivity contribution in [1.29, 1.82) is 0 Å². The van der Waals surface area contributed by atoms with Crippen molar-refractivity contribution in [3.8, 4) is 0 Å². The van der Waals surface area contributed by atoms with Gasteiger partial charge in [-0.2, -0.15) is 0 Å². The predicted molar refractivity (Wildman–Crippen MR) is 163 cm³/mol. The first kappa shape index (κ1) is 30.3. The number of anilines is 1. The lowest BCUT2D eigenvalue weighted by molar-refractivity contribution is -0.140. The van der Waals surface area contributed by atoms with E-state index in [0.29, 0.717) is 12.1 Å². The van der Waals surface area contributed by atoms with Crippen LogP contribution in [0.3, 0.4) is 0 Å². The number of nitrogens with zero attached hydrogens (tertiary/aromatic N) is 2. The van der Waals surface area contributed by atoms with Gasteiger partial charge in [0, 0.05) is 12.6 Å². The lowest BCUT2D eigenvalue weighted by Gasteiger charge is -2.34. The lowest BCUT2D eigenvalue weighted by atomic mass is 10.1. The summed E-state index contributed by atoms with van der Waals surface area (Å²) in [4.78, 5) is 29.4. The summed E-state index contributed by atoms with van der Waals surface area (Å²) in [6, 6.07) is 22.6. The summed E-state index contributed by atoms with van der Waals surface area (Å²) in [5.74, 6) is -0.623. The van der Waals surface area contributed by atoms with Crippen molar-refractivity contribution in [2.75, 3.05) is 10.8 Å². The average molecular weight is 576 g/mol. The number of nitrogens with one attached hydrogen (secondary N) is 1. The molecule has 1 atom stereocenters. The fraction of sp³-hybridized carbons (Fsp3) is 0.394. The maximum atomic E-state index is 14.2. The van der Waals surface area contributed by atoms with Crippen LogP contribution in [0.25, 0.3) is 0 Å². The molecule has 2 amide bonds. The molecule has 0 heterocycles. The summed E-state index contributed by atoms with van der Waals surface area (Å²) in [5, 5.41) is 3.15. The van der Waals surface area contributed by atoms with Crippen molar-refractivity contribution < 1.29 is 18.0 Å². The molecule has 0 bridgehead atoms. The van der Waals surface area contributed by atoms with Crippen LogP contribution in [0.15, 0.2) is 83.8 Å². The maximum absolute atomic E-state index is 14.2. The lowest BCUT2D eigenvalue weighted by Crippen LogP contribution is -2.53. The van der Waals surface area contributed by atoms with Gasteiger partial charge in [0.25, 0.3) is 10.0 Å². The summed E-state index contributed by atoms with van der Waals surface area (Å²) in [5.41, 5.74) is 3.43. The van der Waals surface area contributed by atoms with Gasteiger partial charge in [-0.1, -0.05) is 86.8 Å². The summed E-state index contributed by atoms with van der Waals surface area (Å²) >= 11 is 0. The van der Waals surface area contributed by atoms with Crippen LogP contribution in [0.4, 0.5) is 5.69 Å². The minimum atomic E-state index is -4.07. The monoisotopic (exact) mass is 575 g/mol. The van der Waals surface area contributed by atoms with E-state index in [0.717, 1.165) is 53.1 Å². The molecule has 4 rings (SSSR count). The number of sulfonamides is 1. The summed E-state index contributed by atoms with van der Waals surface area (Å²) in [6.07, 6.45) is 5.25. The third-order valence-electron chi connectivity index (χ3n) is 7.80. The van der Waals surface area contributed by atoms with Gasteiger partial charge in [0.1, 0.15) is 12.6 Å². The van der Waals surface area contributed by atoms with Gasteiger partial charge < -0.3 is 10.2 Å². The van der Waals surface area contributed by atoms with Crippen LogP contribution in [0.5, 0.6) is 0 Å². The molecule has 0 spiro atoms. The van der Waals surface area contributed by atoms with Gasteiger partial charge >= 0.3 is 0 Å². The Morgan fingerprint density at radius 2 is 1.49 bits per heavy atom. The Balaban J connectivity index is 1.70. The van der Waals surface area contributed by atoms with Crippen molar-refractivity contribution >= 4 is 27.5 Å². The smallest absolute Gasteiger partial charge is 0.264 e. The minimum absolute atomic E-state index is 0.100. The number of hydrogen-bond donors (Lipinski definition) is 1. The first-order valence-corrected chi connectivity index (χ1v) is 16.0. The van der Waals surface area contributed by atoms with E-state index in [-0.39, 0.29) is 23.4 Å². The van der Waals surface area contributed by atoms with Crippen LogP contribution in [0, 0.1) is 6.92 Å². The number of hydrogen-bond acceptors (Lipinski definition) is 4. The SMILES string of the molecule is CCc1ccc(N(CC(=O)N(Cc2ccc(C)cc2)[C@@H](CC)C(=O)NC2CCCC2)S(=O)(=O)c2ccccc2)cc1. The van der Waals surface area contributed by atoms with Crippen LogP contribution in [-0.2, 0) is 32.6 Å². The molecule has 0 saturated heterocycles. The Hall–Kier alpha value is -3.65. The molecule has 0 aromatic heterocycles. The second-order valence-corrected chi connectivity index (χ2v) is 12.6. The molecule has 41 heavy (non-hydrogen) atoms. The summed E-state index contributed by atoms with van der Waals surface area (Å²) in [7, 11) is -4.07. The Morgan fingerprint density at radius 3 is 2.07 bits per heavy atom. The van der Waals surface area contributed by atoms with Crippen molar-refractivity contribution in [3.05, 3.63) is 95.6 Å². The normalized spacial score (nSPS) is 14.4. The molecule has 0 aliphatic heterocycles. The Labute approximate surface area is 244 Å². The van der Waals surface area contributed by atoms with E-state index in [1.54, 1.807) is 35.2 Å². The Kier molecular flexibility index (Phi) is 10.2. The van der Waals surface area contributed by atoms with Crippen LogP contribution in [0.1, 0.15) is 62.6 Å². The highest BCUT2D eigenvalue weighted by molar-refractivity contribution is 7.92. The second kappa shape index (κ2) is 13.8. The molecule has 1 N–H and O–H groups in total. The number of amides is 2. The van der Waals surface area contributed by atoms with E-state index in [9.17, 15) is 18.0 Å². The van der Waals surface area contributed by atoms with E-state index < -0.39 is 28.5 Å². The topological polar surface area (TPSA) is 86.8 Å².